The standard InChI is InChI=1S/C29H44O7/c1-15-17(16(2)36-25(15)33)6-10-28(5,34)24-8-11-29(35)19-12-21(30)20-13-22(31)23(32)14-26(20,3)18(19)7-9-27(24,29)4/h12,15-18,20,22-24,31-32,34-35H,6-11,13-14H2,1-5H3/t15-,16+,17-,18-,20-,22+,23-,24-,26+,27+,28-,29+/m0/s1. The van der Waals surface area contributed by atoms with E-state index in [-0.39, 0.29) is 53.9 Å². The van der Waals surface area contributed by atoms with Crippen LogP contribution in [0.3, 0.4) is 0 Å². The lowest BCUT2D eigenvalue weighted by atomic mass is 9.45. The number of aliphatic hydroxyl groups is 4. The fraction of sp³-hybridized carbons (Fsp3) is 0.862. The third kappa shape index (κ3) is 3.52. The summed E-state index contributed by atoms with van der Waals surface area (Å²) >= 11 is 0. The van der Waals surface area contributed by atoms with E-state index in [9.17, 15) is 30.0 Å². The minimum Gasteiger partial charge on any atom is -0.462 e. The molecule has 0 bridgehead atoms. The molecule has 4 N–H and O–H groups in total. The predicted molar refractivity (Wildman–Crippen MR) is 133 cm³/mol. The number of rotatable bonds is 4. The van der Waals surface area contributed by atoms with E-state index in [1.165, 1.54) is 0 Å². The van der Waals surface area contributed by atoms with E-state index >= 15 is 0 Å². The molecule has 0 aromatic heterocycles. The first-order valence-electron chi connectivity index (χ1n) is 13.9. The molecule has 7 nitrogen and oxygen atoms in total. The first kappa shape index (κ1) is 26.3. The Morgan fingerprint density at radius 2 is 1.78 bits per heavy atom. The van der Waals surface area contributed by atoms with Crippen LogP contribution in [0.1, 0.15) is 86.0 Å². The van der Waals surface area contributed by atoms with Crippen molar-refractivity contribution in [1.82, 2.24) is 0 Å². The number of carbonyl (C=O) groups excluding carboxylic acids is 2. The average Bonchev–Trinajstić information content (AvgIpc) is 3.21. The highest BCUT2D eigenvalue weighted by Gasteiger charge is 2.68. The first-order chi connectivity index (χ1) is 16.7. The van der Waals surface area contributed by atoms with Gasteiger partial charge in [-0.2, -0.15) is 0 Å². The van der Waals surface area contributed by atoms with Crippen LogP contribution in [0.2, 0.25) is 0 Å². The molecule has 0 spiro atoms. The summed E-state index contributed by atoms with van der Waals surface area (Å²) in [6, 6.07) is 0. The Balaban J connectivity index is 1.41. The van der Waals surface area contributed by atoms with E-state index in [1.54, 1.807) is 6.08 Å². The lowest BCUT2D eigenvalue weighted by molar-refractivity contribution is -0.161. The van der Waals surface area contributed by atoms with Crippen LogP contribution in [-0.2, 0) is 14.3 Å². The molecule has 1 aliphatic heterocycles. The van der Waals surface area contributed by atoms with Gasteiger partial charge in [0.25, 0.3) is 0 Å². The van der Waals surface area contributed by atoms with Crippen molar-refractivity contribution in [3.05, 3.63) is 11.6 Å². The number of hydrogen-bond donors (Lipinski definition) is 4. The lowest BCUT2D eigenvalue weighted by Gasteiger charge is -2.60. The molecule has 36 heavy (non-hydrogen) atoms. The molecule has 1 heterocycles. The van der Waals surface area contributed by atoms with Gasteiger partial charge in [0.05, 0.1) is 29.3 Å². The largest absolute Gasteiger partial charge is 0.462 e. The molecule has 7 heteroatoms. The second-order valence-electron chi connectivity index (χ2n) is 13.6. The molecule has 1 saturated heterocycles. The molecule has 0 radical (unpaired) electrons. The number of ketones is 1. The van der Waals surface area contributed by atoms with Crippen LogP contribution in [0, 0.1) is 40.4 Å². The highest BCUT2D eigenvalue weighted by atomic mass is 16.6. The quantitative estimate of drug-likeness (QED) is 0.434. The van der Waals surface area contributed by atoms with E-state index in [0.717, 1.165) is 18.4 Å². The van der Waals surface area contributed by atoms with Gasteiger partial charge in [0.2, 0.25) is 0 Å². The van der Waals surface area contributed by atoms with E-state index in [2.05, 4.69) is 6.92 Å². The minimum absolute atomic E-state index is 0.0347. The van der Waals surface area contributed by atoms with Gasteiger partial charge < -0.3 is 25.2 Å². The van der Waals surface area contributed by atoms with Gasteiger partial charge in [-0.05, 0) is 94.1 Å². The molecule has 0 unspecified atom stereocenters. The van der Waals surface area contributed by atoms with Crippen LogP contribution < -0.4 is 0 Å². The zero-order valence-corrected chi connectivity index (χ0v) is 22.4. The SMILES string of the molecule is C[C@@H]1C(=O)O[C@H](C)[C@H]1CC[C@](C)(O)[C@H]1CC[C@@]2(O)C3=CC(=O)[C@@H]4C[C@@H](O)[C@@H](O)C[C@]4(C)[C@H]3CC[C@]12C. The zero-order valence-electron chi connectivity index (χ0n) is 22.4. The second kappa shape index (κ2) is 8.36. The van der Waals surface area contributed by atoms with Crippen molar-refractivity contribution < 1.29 is 34.8 Å². The summed E-state index contributed by atoms with van der Waals surface area (Å²) in [6.45, 7) is 9.79. The van der Waals surface area contributed by atoms with Gasteiger partial charge in [0.1, 0.15) is 6.10 Å². The molecular weight excluding hydrogens is 460 g/mol. The third-order valence-electron chi connectivity index (χ3n) is 11.8. The van der Waals surface area contributed by atoms with Crippen LogP contribution in [0.5, 0.6) is 0 Å². The molecule has 4 aliphatic carbocycles. The summed E-state index contributed by atoms with van der Waals surface area (Å²) in [6.07, 6.45) is 4.18. The number of hydrogen-bond acceptors (Lipinski definition) is 7. The lowest BCUT2D eigenvalue weighted by Crippen LogP contribution is -2.61. The van der Waals surface area contributed by atoms with Gasteiger partial charge in [-0.1, -0.05) is 20.8 Å². The summed E-state index contributed by atoms with van der Waals surface area (Å²) in [5, 5.41) is 44.9. The monoisotopic (exact) mass is 504 g/mol. The number of aliphatic hydroxyl groups excluding tert-OH is 2. The van der Waals surface area contributed by atoms with Gasteiger partial charge in [0, 0.05) is 17.3 Å². The summed E-state index contributed by atoms with van der Waals surface area (Å²) in [4.78, 5) is 25.3. The number of cyclic esters (lactones) is 1. The van der Waals surface area contributed by atoms with Crippen LogP contribution in [0.15, 0.2) is 11.6 Å². The topological polar surface area (TPSA) is 124 Å². The molecule has 4 fully saturated rings. The van der Waals surface area contributed by atoms with E-state index in [1.807, 2.05) is 27.7 Å². The van der Waals surface area contributed by atoms with Crippen molar-refractivity contribution in [3.8, 4) is 0 Å². The van der Waals surface area contributed by atoms with Crippen molar-refractivity contribution in [1.29, 1.82) is 0 Å². The number of carbonyl (C=O) groups is 2. The molecule has 0 aromatic carbocycles. The Labute approximate surface area is 214 Å². The van der Waals surface area contributed by atoms with Crippen molar-refractivity contribution in [3.63, 3.8) is 0 Å². The van der Waals surface area contributed by atoms with E-state index < -0.39 is 34.2 Å². The maximum absolute atomic E-state index is 13.3. The predicted octanol–water partition coefficient (Wildman–Crippen LogP) is 2.92. The third-order valence-corrected chi connectivity index (χ3v) is 11.8. The normalized spacial score (nSPS) is 52.1. The Bertz CT molecular complexity index is 973. The number of allylic oxidation sites excluding steroid dienone is 1. The highest BCUT2D eigenvalue weighted by molar-refractivity contribution is 5.95. The van der Waals surface area contributed by atoms with Crippen LogP contribution in [0.4, 0.5) is 0 Å². The molecule has 5 rings (SSSR count). The van der Waals surface area contributed by atoms with Gasteiger partial charge in [0.15, 0.2) is 5.78 Å². The van der Waals surface area contributed by atoms with Crippen molar-refractivity contribution in [2.45, 2.75) is 115 Å². The first-order valence-corrected chi connectivity index (χ1v) is 13.9. The Hall–Kier alpha value is -1.28. The van der Waals surface area contributed by atoms with Crippen molar-refractivity contribution >= 4 is 11.8 Å². The van der Waals surface area contributed by atoms with Crippen molar-refractivity contribution in [2.75, 3.05) is 0 Å². The summed E-state index contributed by atoms with van der Waals surface area (Å²) in [5.74, 6) is -0.883. The molecule has 3 saturated carbocycles. The Morgan fingerprint density at radius 3 is 2.42 bits per heavy atom. The number of esters is 1. The summed E-state index contributed by atoms with van der Waals surface area (Å²) < 4.78 is 5.40. The van der Waals surface area contributed by atoms with Gasteiger partial charge in [-0.3, -0.25) is 9.59 Å². The van der Waals surface area contributed by atoms with Crippen molar-refractivity contribution in [2.24, 2.45) is 40.4 Å². The number of fused-ring (bicyclic) bond motifs is 5. The average molecular weight is 505 g/mol. The second-order valence-corrected chi connectivity index (χ2v) is 13.6. The van der Waals surface area contributed by atoms with E-state index in [0.29, 0.717) is 32.1 Å². The number of ether oxygens (including phenoxy) is 1. The fourth-order valence-corrected chi connectivity index (χ4v) is 9.44. The smallest absolute Gasteiger partial charge is 0.309 e. The van der Waals surface area contributed by atoms with Crippen LogP contribution >= 0.6 is 0 Å². The molecule has 12 atom stereocenters. The molecule has 5 aliphatic rings. The fourth-order valence-electron chi connectivity index (χ4n) is 9.44. The highest BCUT2D eigenvalue weighted by Crippen LogP contribution is 2.68. The Morgan fingerprint density at radius 1 is 1.08 bits per heavy atom. The van der Waals surface area contributed by atoms with E-state index in [4.69, 9.17) is 4.74 Å². The minimum atomic E-state index is -1.19. The van der Waals surface area contributed by atoms with Gasteiger partial charge in [-0.15, -0.1) is 0 Å². The van der Waals surface area contributed by atoms with Crippen LogP contribution in [-0.4, -0.2) is 61.7 Å². The summed E-state index contributed by atoms with van der Waals surface area (Å²) in [5.41, 5.74) is -2.54. The van der Waals surface area contributed by atoms with Gasteiger partial charge >= 0.3 is 5.97 Å². The Kier molecular flexibility index (Phi) is 6.11. The maximum Gasteiger partial charge on any atom is 0.309 e. The summed E-state index contributed by atoms with van der Waals surface area (Å²) in [7, 11) is 0. The zero-order chi connectivity index (χ0) is 26.4. The maximum atomic E-state index is 13.3. The van der Waals surface area contributed by atoms with Crippen LogP contribution in [0.25, 0.3) is 0 Å². The molecule has 0 aromatic rings. The van der Waals surface area contributed by atoms with Gasteiger partial charge in [-0.25, -0.2) is 0 Å². The molecular formula is C29H44O7. The molecule has 202 valence electrons. The molecule has 0 amide bonds.